The van der Waals surface area contributed by atoms with Gasteiger partial charge in [-0.2, -0.15) is 0 Å². The molecule has 0 atom stereocenters. The summed E-state index contributed by atoms with van der Waals surface area (Å²) < 4.78 is 14.6. The van der Waals surface area contributed by atoms with Gasteiger partial charge in [-0.05, 0) is 38.1 Å². The number of methoxy groups -OCH3 is 3. The van der Waals surface area contributed by atoms with Crippen LogP contribution in [-0.4, -0.2) is 76.5 Å². The number of carbonyl (C=O) groups is 4. The molecule has 0 saturated carbocycles. The van der Waals surface area contributed by atoms with Crippen LogP contribution in [0.1, 0.15) is 51.2 Å². The summed E-state index contributed by atoms with van der Waals surface area (Å²) in [5.41, 5.74) is 3.43. The number of nitrogens with one attached hydrogen (secondary N) is 2. The van der Waals surface area contributed by atoms with Crippen LogP contribution in [0.15, 0.2) is 60.7 Å². The Labute approximate surface area is 270 Å². The van der Waals surface area contributed by atoms with Crippen LogP contribution >= 0.6 is 22.7 Å². The minimum Gasteiger partial charge on any atom is -0.478 e. The summed E-state index contributed by atoms with van der Waals surface area (Å²) in [5, 5.41) is 14.8. The van der Waals surface area contributed by atoms with E-state index in [1.54, 1.807) is 51.5 Å². The Bertz CT molecular complexity index is 1640. The van der Waals surface area contributed by atoms with E-state index in [0.29, 0.717) is 43.0 Å². The zero-order chi connectivity index (χ0) is 32.9. The standard InChI is InChI=1S/C17H19NO4S.C16H17NO4S/c1-11-14(17(20)22-3)10-15(23-11)12-6-4-5-7-13(12)16(19)18-8-9-21-2;1-10-13(16(19)20)9-14(22-10)11-5-3-4-6-12(11)15(18)17-7-8-21-2/h4-7,10H,8-9H2,1-3H3,(H,18,19);3-6,9H,7-8H2,1-2H3,(H,17,18)(H,19,20). The van der Waals surface area contributed by atoms with E-state index in [4.69, 9.17) is 19.3 Å². The number of ether oxygens (including phenoxy) is 3. The SMILES string of the molecule is COCCNC(=O)c1ccccc1-c1cc(C(=O)O)c(C)s1.COCCNC(=O)c1ccccc1-c1cc(C(=O)OC)c(C)s1. The fraction of sp³-hybridized carbons (Fsp3) is 0.273. The highest BCUT2D eigenvalue weighted by atomic mass is 32.1. The number of aromatic carboxylic acids is 1. The van der Waals surface area contributed by atoms with Crippen molar-refractivity contribution in [3.05, 3.63) is 92.7 Å². The second-order valence-corrected chi connectivity index (χ2v) is 12.1. The number of aryl methyl sites for hydroxylation is 2. The molecule has 0 spiro atoms. The van der Waals surface area contributed by atoms with Crippen molar-refractivity contribution in [1.29, 1.82) is 0 Å². The minimum atomic E-state index is -0.956. The molecular weight excluding hydrogens is 617 g/mol. The highest BCUT2D eigenvalue weighted by Crippen LogP contribution is 2.34. The number of carboxylic acid groups (broad SMARTS) is 1. The predicted molar refractivity (Wildman–Crippen MR) is 176 cm³/mol. The lowest BCUT2D eigenvalue weighted by Gasteiger charge is -2.08. The van der Waals surface area contributed by atoms with Gasteiger partial charge in [0, 0.05) is 69.1 Å². The molecule has 4 aromatic rings. The molecule has 0 aliphatic heterocycles. The average Bonchev–Trinajstić information content (AvgIpc) is 3.63. The smallest absolute Gasteiger partial charge is 0.338 e. The third kappa shape index (κ3) is 9.32. The van der Waals surface area contributed by atoms with E-state index >= 15 is 0 Å². The molecule has 0 bridgehead atoms. The second kappa shape index (κ2) is 17.2. The first-order valence-electron chi connectivity index (χ1n) is 13.9. The molecular formula is C33H36N2O8S2. The van der Waals surface area contributed by atoms with Gasteiger partial charge in [0.15, 0.2) is 0 Å². The van der Waals surface area contributed by atoms with Gasteiger partial charge in [0.1, 0.15) is 0 Å². The summed E-state index contributed by atoms with van der Waals surface area (Å²) in [6, 6.07) is 17.9. The van der Waals surface area contributed by atoms with Crippen LogP contribution in [0, 0.1) is 13.8 Å². The molecule has 0 unspecified atom stereocenters. The summed E-state index contributed by atoms with van der Waals surface area (Å²) in [6.45, 7) is 5.39. The lowest BCUT2D eigenvalue weighted by atomic mass is 10.0. The monoisotopic (exact) mass is 652 g/mol. The molecule has 0 saturated heterocycles. The lowest BCUT2D eigenvalue weighted by Crippen LogP contribution is -2.27. The molecule has 238 valence electrons. The summed E-state index contributed by atoms with van der Waals surface area (Å²) in [4.78, 5) is 50.8. The van der Waals surface area contributed by atoms with Gasteiger partial charge in [-0.3, -0.25) is 9.59 Å². The highest BCUT2D eigenvalue weighted by Gasteiger charge is 2.19. The fourth-order valence-electron chi connectivity index (χ4n) is 4.27. The summed E-state index contributed by atoms with van der Waals surface area (Å²) in [5.74, 6) is -1.69. The van der Waals surface area contributed by atoms with E-state index in [9.17, 15) is 19.2 Å². The Kier molecular flexibility index (Phi) is 13.4. The number of carbonyl (C=O) groups excluding carboxylic acids is 3. The maximum atomic E-state index is 12.3. The molecule has 2 amide bonds. The van der Waals surface area contributed by atoms with Gasteiger partial charge in [-0.25, -0.2) is 9.59 Å². The topological polar surface area (TPSA) is 140 Å². The maximum Gasteiger partial charge on any atom is 0.338 e. The fourth-order valence-corrected chi connectivity index (χ4v) is 6.37. The van der Waals surface area contributed by atoms with Crippen molar-refractivity contribution >= 4 is 46.4 Å². The van der Waals surface area contributed by atoms with E-state index in [1.165, 1.54) is 29.8 Å². The van der Waals surface area contributed by atoms with E-state index in [0.717, 1.165) is 30.6 Å². The molecule has 0 aliphatic carbocycles. The highest BCUT2D eigenvalue weighted by molar-refractivity contribution is 7.16. The number of esters is 1. The van der Waals surface area contributed by atoms with Crippen molar-refractivity contribution in [2.24, 2.45) is 0 Å². The predicted octanol–water partition coefficient (Wildman–Crippen LogP) is 5.68. The van der Waals surface area contributed by atoms with Crippen molar-refractivity contribution < 1.29 is 38.5 Å². The first-order valence-corrected chi connectivity index (χ1v) is 15.5. The molecule has 12 heteroatoms. The normalized spacial score (nSPS) is 10.4. The largest absolute Gasteiger partial charge is 0.478 e. The van der Waals surface area contributed by atoms with Crippen molar-refractivity contribution in [3.63, 3.8) is 0 Å². The van der Waals surface area contributed by atoms with Gasteiger partial charge in [-0.15, -0.1) is 22.7 Å². The van der Waals surface area contributed by atoms with Crippen LogP contribution in [-0.2, 0) is 14.2 Å². The molecule has 2 aromatic heterocycles. The van der Waals surface area contributed by atoms with Crippen molar-refractivity contribution in [2.45, 2.75) is 13.8 Å². The van der Waals surface area contributed by atoms with Crippen LogP contribution < -0.4 is 10.6 Å². The number of amides is 2. The molecule has 10 nitrogen and oxygen atoms in total. The molecule has 0 aliphatic rings. The summed E-state index contributed by atoms with van der Waals surface area (Å²) in [7, 11) is 4.52. The van der Waals surface area contributed by atoms with Crippen LogP contribution in [0.25, 0.3) is 20.9 Å². The molecule has 3 N–H and O–H groups in total. The lowest BCUT2D eigenvalue weighted by molar-refractivity contribution is 0.0599. The number of thiophene rings is 2. The zero-order valence-corrected chi connectivity index (χ0v) is 27.4. The molecule has 2 heterocycles. The average molecular weight is 653 g/mol. The number of hydrogen-bond donors (Lipinski definition) is 3. The van der Waals surface area contributed by atoms with Crippen molar-refractivity contribution in [1.82, 2.24) is 10.6 Å². The maximum absolute atomic E-state index is 12.3. The van der Waals surface area contributed by atoms with Gasteiger partial charge in [0.2, 0.25) is 0 Å². The first-order chi connectivity index (χ1) is 21.6. The molecule has 45 heavy (non-hydrogen) atoms. The number of rotatable bonds is 12. The molecule has 2 aromatic carbocycles. The Hall–Kier alpha value is -4.36. The van der Waals surface area contributed by atoms with Gasteiger partial charge < -0.3 is 30.0 Å². The Balaban J connectivity index is 0.000000246. The Morgan fingerprint density at radius 2 is 1.09 bits per heavy atom. The van der Waals surface area contributed by atoms with Crippen LogP contribution in [0.3, 0.4) is 0 Å². The van der Waals surface area contributed by atoms with E-state index in [1.807, 2.05) is 37.3 Å². The van der Waals surface area contributed by atoms with Gasteiger partial charge in [0.05, 0.1) is 31.5 Å². The second-order valence-electron chi connectivity index (χ2n) is 9.55. The summed E-state index contributed by atoms with van der Waals surface area (Å²) >= 11 is 2.84. The van der Waals surface area contributed by atoms with Crippen LogP contribution in [0.4, 0.5) is 0 Å². The number of hydrogen-bond acceptors (Lipinski definition) is 9. The van der Waals surface area contributed by atoms with Crippen LogP contribution in [0.5, 0.6) is 0 Å². The van der Waals surface area contributed by atoms with E-state index < -0.39 is 5.97 Å². The van der Waals surface area contributed by atoms with E-state index in [2.05, 4.69) is 10.6 Å². The molecule has 4 rings (SSSR count). The van der Waals surface area contributed by atoms with Gasteiger partial charge in [0.25, 0.3) is 11.8 Å². The zero-order valence-electron chi connectivity index (χ0n) is 25.7. The number of benzene rings is 2. The first kappa shape index (κ1) is 35.1. The minimum absolute atomic E-state index is 0.164. The van der Waals surface area contributed by atoms with Gasteiger partial charge in [-0.1, -0.05) is 36.4 Å². The quantitative estimate of drug-likeness (QED) is 0.131. The van der Waals surface area contributed by atoms with Crippen molar-refractivity contribution in [2.75, 3.05) is 47.6 Å². The van der Waals surface area contributed by atoms with Gasteiger partial charge >= 0.3 is 11.9 Å². The van der Waals surface area contributed by atoms with E-state index in [-0.39, 0.29) is 23.3 Å². The summed E-state index contributed by atoms with van der Waals surface area (Å²) in [6.07, 6.45) is 0. The third-order valence-corrected chi connectivity index (χ3v) is 8.70. The third-order valence-electron chi connectivity index (χ3n) is 6.53. The number of carboxylic acids is 1. The Morgan fingerprint density at radius 3 is 1.49 bits per heavy atom. The molecule has 0 fully saturated rings. The molecule has 0 radical (unpaired) electrons. The van der Waals surface area contributed by atoms with Crippen LogP contribution in [0.2, 0.25) is 0 Å². The van der Waals surface area contributed by atoms with Crippen molar-refractivity contribution in [3.8, 4) is 20.9 Å². The Morgan fingerprint density at radius 1 is 0.667 bits per heavy atom.